The van der Waals surface area contributed by atoms with Gasteiger partial charge in [0, 0.05) is 24.4 Å². The Kier molecular flexibility index (Phi) is 3.38. The maximum absolute atomic E-state index is 5.73. The highest BCUT2D eigenvalue weighted by Gasteiger charge is 2.14. The monoisotopic (exact) mass is 242 g/mol. The van der Waals surface area contributed by atoms with Crippen molar-refractivity contribution < 1.29 is 4.74 Å². The minimum Gasteiger partial charge on any atom is -0.497 e. The van der Waals surface area contributed by atoms with Crippen LogP contribution < -0.4 is 9.64 Å². The Morgan fingerprint density at radius 3 is 3.13 bits per heavy atom. The lowest BCUT2D eigenvalue weighted by Gasteiger charge is -2.24. The van der Waals surface area contributed by atoms with Gasteiger partial charge in [0.15, 0.2) is 0 Å². The molecule has 1 heterocycles. The van der Waals surface area contributed by atoms with Gasteiger partial charge >= 0.3 is 0 Å². The maximum atomic E-state index is 5.73. The molecule has 80 valence electrons. The van der Waals surface area contributed by atoms with Crippen LogP contribution in [0.2, 0.25) is 0 Å². The minimum atomic E-state index is 0.585. The van der Waals surface area contributed by atoms with Gasteiger partial charge in [-0.15, -0.1) is 11.6 Å². The van der Waals surface area contributed by atoms with E-state index in [9.17, 15) is 0 Å². The van der Waals surface area contributed by atoms with Gasteiger partial charge in [-0.3, -0.25) is 0 Å². The SMILES string of the molecule is COc1ccc2c(c1)SN=CN2CCCl. The van der Waals surface area contributed by atoms with Gasteiger partial charge in [-0.1, -0.05) is 0 Å². The second-order valence-electron chi connectivity index (χ2n) is 3.03. The number of methoxy groups -OCH3 is 1. The number of halogens is 1. The molecular formula is C10H11ClN2OS. The van der Waals surface area contributed by atoms with Crippen LogP contribution in [0.5, 0.6) is 5.75 Å². The quantitative estimate of drug-likeness (QED) is 0.602. The van der Waals surface area contributed by atoms with Crippen molar-refractivity contribution in [3.63, 3.8) is 0 Å². The molecule has 0 amide bonds. The number of fused-ring (bicyclic) bond motifs is 1. The fraction of sp³-hybridized carbons (Fsp3) is 0.300. The van der Waals surface area contributed by atoms with Gasteiger partial charge in [0.2, 0.25) is 0 Å². The van der Waals surface area contributed by atoms with Crippen molar-refractivity contribution >= 4 is 35.6 Å². The molecule has 0 saturated carbocycles. The fourth-order valence-electron chi connectivity index (χ4n) is 1.40. The van der Waals surface area contributed by atoms with Crippen molar-refractivity contribution in [3.8, 4) is 5.75 Å². The van der Waals surface area contributed by atoms with E-state index < -0.39 is 0 Å². The van der Waals surface area contributed by atoms with Crippen LogP contribution in [0.25, 0.3) is 0 Å². The van der Waals surface area contributed by atoms with E-state index in [1.807, 2.05) is 29.4 Å². The Balaban J connectivity index is 2.31. The first kappa shape index (κ1) is 10.6. The average molecular weight is 243 g/mol. The first-order chi connectivity index (χ1) is 7.35. The highest BCUT2D eigenvalue weighted by molar-refractivity contribution is 7.98. The summed E-state index contributed by atoms with van der Waals surface area (Å²) in [7, 11) is 1.66. The molecule has 0 bridgehead atoms. The Morgan fingerprint density at radius 1 is 1.53 bits per heavy atom. The Morgan fingerprint density at radius 2 is 2.40 bits per heavy atom. The van der Waals surface area contributed by atoms with E-state index in [0.717, 1.165) is 22.9 Å². The Hall–Kier alpha value is -0.870. The fourth-order valence-corrected chi connectivity index (χ4v) is 2.30. The van der Waals surface area contributed by atoms with Gasteiger partial charge in [0.1, 0.15) is 12.1 Å². The van der Waals surface area contributed by atoms with E-state index in [2.05, 4.69) is 4.40 Å². The standard InChI is InChI=1S/C10H11ClN2OS/c1-14-8-2-3-9-10(6-8)15-12-7-13(9)5-4-11/h2-3,6-7H,4-5H2,1H3. The molecule has 0 atom stereocenters. The number of hydrogen-bond donors (Lipinski definition) is 0. The normalized spacial score (nSPS) is 13.9. The Bertz CT molecular complexity index is 384. The number of nitrogens with zero attached hydrogens (tertiary/aromatic N) is 2. The Labute approximate surface area is 98.2 Å². The summed E-state index contributed by atoms with van der Waals surface area (Å²) in [5.74, 6) is 1.44. The third-order valence-corrected chi connectivity index (χ3v) is 3.03. The second kappa shape index (κ2) is 4.77. The maximum Gasteiger partial charge on any atom is 0.120 e. The molecule has 15 heavy (non-hydrogen) atoms. The molecular weight excluding hydrogens is 232 g/mol. The molecule has 2 rings (SSSR count). The summed E-state index contributed by atoms with van der Waals surface area (Å²) in [5.41, 5.74) is 1.14. The minimum absolute atomic E-state index is 0.585. The van der Waals surface area contributed by atoms with Gasteiger partial charge in [-0.05, 0) is 18.2 Å². The zero-order valence-corrected chi connectivity index (χ0v) is 9.88. The van der Waals surface area contributed by atoms with Gasteiger partial charge in [-0.2, -0.15) is 0 Å². The number of rotatable bonds is 3. The lowest BCUT2D eigenvalue weighted by molar-refractivity contribution is 0.413. The second-order valence-corrected chi connectivity index (χ2v) is 4.24. The molecule has 0 radical (unpaired) electrons. The summed E-state index contributed by atoms with van der Waals surface area (Å²) >= 11 is 7.18. The molecule has 5 heteroatoms. The first-order valence-corrected chi connectivity index (χ1v) is 5.87. The summed E-state index contributed by atoms with van der Waals surface area (Å²) < 4.78 is 9.36. The van der Waals surface area contributed by atoms with Gasteiger partial charge in [0.05, 0.1) is 17.7 Å². The molecule has 0 N–H and O–H groups in total. The molecule has 0 aliphatic carbocycles. The van der Waals surface area contributed by atoms with E-state index in [4.69, 9.17) is 16.3 Å². The molecule has 0 aromatic heterocycles. The van der Waals surface area contributed by atoms with Crippen LogP contribution in [0, 0.1) is 0 Å². The van der Waals surface area contributed by atoms with Crippen molar-refractivity contribution in [2.24, 2.45) is 4.40 Å². The zero-order valence-electron chi connectivity index (χ0n) is 8.31. The summed E-state index contributed by atoms with van der Waals surface area (Å²) in [6.45, 7) is 0.769. The third-order valence-electron chi connectivity index (χ3n) is 2.14. The molecule has 0 saturated heterocycles. The van der Waals surface area contributed by atoms with E-state index in [1.54, 1.807) is 7.11 Å². The highest BCUT2D eigenvalue weighted by Crippen LogP contribution is 2.36. The van der Waals surface area contributed by atoms with E-state index in [0.29, 0.717) is 5.88 Å². The molecule has 1 aromatic carbocycles. The molecule has 3 nitrogen and oxygen atoms in total. The number of benzene rings is 1. The van der Waals surface area contributed by atoms with Crippen LogP contribution >= 0.6 is 23.5 Å². The van der Waals surface area contributed by atoms with Crippen LogP contribution in [0.4, 0.5) is 5.69 Å². The summed E-state index contributed by atoms with van der Waals surface area (Å²) in [6, 6.07) is 5.95. The highest BCUT2D eigenvalue weighted by atomic mass is 35.5. The number of hydrogen-bond acceptors (Lipinski definition) is 4. The average Bonchev–Trinajstić information content (AvgIpc) is 2.29. The van der Waals surface area contributed by atoms with Crippen LogP contribution in [-0.2, 0) is 0 Å². The lowest BCUT2D eigenvalue weighted by Crippen LogP contribution is -2.25. The van der Waals surface area contributed by atoms with Crippen LogP contribution in [0.1, 0.15) is 0 Å². The number of anilines is 1. The lowest BCUT2D eigenvalue weighted by atomic mass is 10.3. The predicted octanol–water partition coefficient (Wildman–Crippen LogP) is 2.79. The summed E-state index contributed by atoms with van der Waals surface area (Å²) in [6.07, 6.45) is 1.81. The molecule has 1 aliphatic rings. The van der Waals surface area contributed by atoms with Crippen molar-refractivity contribution in [1.29, 1.82) is 0 Å². The third kappa shape index (κ3) is 2.21. The smallest absolute Gasteiger partial charge is 0.120 e. The molecule has 1 aromatic rings. The molecule has 0 spiro atoms. The van der Waals surface area contributed by atoms with Crippen LogP contribution in [0.3, 0.4) is 0 Å². The van der Waals surface area contributed by atoms with Crippen LogP contribution in [0.15, 0.2) is 27.5 Å². The van der Waals surface area contributed by atoms with Gasteiger partial charge < -0.3 is 9.64 Å². The molecule has 0 unspecified atom stereocenters. The number of ether oxygens (including phenoxy) is 1. The zero-order chi connectivity index (χ0) is 10.7. The van der Waals surface area contributed by atoms with Crippen molar-refractivity contribution in [3.05, 3.63) is 18.2 Å². The topological polar surface area (TPSA) is 24.8 Å². The van der Waals surface area contributed by atoms with Gasteiger partial charge in [0.25, 0.3) is 0 Å². The number of alkyl halides is 1. The van der Waals surface area contributed by atoms with Crippen molar-refractivity contribution in [2.75, 3.05) is 24.4 Å². The van der Waals surface area contributed by atoms with Crippen molar-refractivity contribution in [1.82, 2.24) is 0 Å². The van der Waals surface area contributed by atoms with Crippen LogP contribution in [-0.4, -0.2) is 25.9 Å². The van der Waals surface area contributed by atoms with E-state index in [-0.39, 0.29) is 0 Å². The predicted molar refractivity (Wildman–Crippen MR) is 65.4 cm³/mol. The molecule has 1 aliphatic heterocycles. The van der Waals surface area contributed by atoms with E-state index in [1.165, 1.54) is 11.9 Å². The van der Waals surface area contributed by atoms with Gasteiger partial charge in [-0.25, -0.2) is 4.40 Å². The van der Waals surface area contributed by atoms with E-state index >= 15 is 0 Å². The van der Waals surface area contributed by atoms with Crippen molar-refractivity contribution in [2.45, 2.75) is 4.90 Å². The summed E-state index contributed by atoms with van der Waals surface area (Å²) in [4.78, 5) is 3.14. The summed E-state index contributed by atoms with van der Waals surface area (Å²) in [5, 5.41) is 0. The first-order valence-electron chi connectivity index (χ1n) is 4.56. The largest absolute Gasteiger partial charge is 0.497 e. The molecule has 0 fully saturated rings.